The maximum Gasteiger partial charge on any atom is 0.272 e. The molecule has 1 aromatic heterocycles. The standard InChI is InChI=1S/C10H16N4O/c1-6-5-9(14-13-6)10(15)12-8-4-2-3-7(8)11/h5,7-8H,2-4,11H2,1H3,(H,12,15)(H,13,14). The number of hydrogen-bond acceptors (Lipinski definition) is 3. The highest BCUT2D eigenvalue weighted by atomic mass is 16.2. The summed E-state index contributed by atoms with van der Waals surface area (Å²) in [5.74, 6) is -0.137. The van der Waals surface area contributed by atoms with E-state index in [-0.39, 0.29) is 18.0 Å². The Balaban J connectivity index is 1.97. The second-order valence-corrected chi connectivity index (χ2v) is 4.11. The van der Waals surface area contributed by atoms with Crippen molar-refractivity contribution in [3.05, 3.63) is 17.5 Å². The maximum absolute atomic E-state index is 11.7. The summed E-state index contributed by atoms with van der Waals surface area (Å²) in [4.78, 5) is 11.7. The molecule has 1 aromatic rings. The van der Waals surface area contributed by atoms with Crippen LogP contribution in [-0.2, 0) is 0 Å². The zero-order valence-corrected chi connectivity index (χ0v) is 8.79. The van der Waals surface area contributed by atoms with Gasteiger partial charge in [-0.3, -0.25) is 9.89 Å². The summed E-state index contributed by atoms with van der Waals surface area (Å²) < 4.78 is 0. The monoisotopic (exact) mass is 208 g/mol. The van der Waals surface area contributed by atoms with Crippen LogP contribution in [0.4, 0.5) is 0 Å². The van der Waals surface area contributed by atoms with E-state index in [0.717, 1.165) is 25.0 Å². The first-order chi connectivity index (χ1) is 7.16. The number of rotatable bonds is 2. The average Bonchev–Trinajstić information content (AvgIpc) is 2.77. The highest BCUT2D eigenvalue weighted by Crippen LogP contribution is 2.17. The van der Waals surface area contributed by atoms with Crippen molar-refractivity contribution in [1.29, 1.82) is 0 Å². The zero-order chi connectivity index (χ0) is 10.8. The second kappa shape index (κ2) is 4.02. The Labute approximate surface area is 88.4 Å². The topological polar surface area (TPSA) is 83.8 Å². The molecule has 1 saturated carbocycles. The first-order valence-corrected chi connectivity index (χ1v) is 5.25. The number of aromatic amines is 1. The maximum atomic E-state index is 11.7. The van der Waals surface area contributed by atoms with Gasteiger partial charge in [0.25, 0.3) is 5.91 Å². The average molecular weight is 208 g/mol. The molecule has 4 N–H and O–H groups in total. The van der Waals surface area contributed by atoms with Crippen LogP contribution in [0.15, 0.2) is 6.07 Å². The molecule has 0 spiro atoms. The van der Waals surface area contributed by atoms with Gasteiger partial charge >= 0.3 is 0 Å². The van der Waals surface area contributed by atoms with Gasteiger partial charge in [-0.2, -0.15) is 5.10 Å². The summed E-state index contributed by atoms with van der Waals surface area (Å²) in [5.41, 5.74) is 7.19. The summed E-state index contributed by atoms with van der Waals surface area (Å²) in [7, 11) is 0. The summed E-state index contributed by atoms with van der Waals surface area (Å²) in [6.45, 7) is 1.87. The SMILES string of the molecule is Cc1cc(C(=O)NC2CCCC2N)n[nH]1. The number of H-pyrrole nitrogens is 1. The molecule has 0 saturated heterocycles. The predicted molar refractivity (Wildman–Crippen MR) is 56.4 cm³/mol. The first-order valence-electron chi connectivity index (χ1n) is 5.25. The number of carbonyl (C=O) groups excluding carboxylic acids is 1. The molecule has 0 radical (unpaired) electrons. The summed E-state index contributed by atoms with van der Waals surface area (Å²) in [6, 6.07) is 1.93. The lowest BCUT2D eigenvalue weighted by Crippen LogP contribution is -2.44. The molecule has 5 heteroatoms. The highest BCUT2D eigenvalue weighted by Gasteiger charge is 2.26. The van der Waals surface area contributed by atoms with Gasteiger partial charge in [0.1, 0.15) is 5.69 Å². The number of carbonyl (C=O) groups is 1. The Morgan fingerprint density at radius 1 is 1.67 bits per heavy atom. The summed E-state index contributed by atoms with van der Waals surface area (Å²) in [6.07, 6.45) is 3.05. The van der Waals surface area contributed by atoms with E-state index in [1.807, 2.05) is 6.92 Å². The Kier molecular flexibility index (Phi) is 2.73. The predicted octanol–water partition coefficient (Wildman–Crippen LogP) is 0.328. The van der Waals surface area contributed by atoms with Crippen LogP contribution in [-0.4, -0.2) is 28.2 Å². The number of hydrogen-bond donors (Lipinski definition) is 3. The number of nitrogens with zero attached hydrogens (tertiary/aromatic N) is 1. The third-order valence-electron chi connectivity index (χ3n) is 2.82. The van der Waals surface area contributed by atoms with E-state index in [9.17, 15) is 4.79 Å². The van der Waals surface area contributed by atoms with Crippen LogP contribution in [0, 0.1) is 6.92 Å². The van der Waals surface area contributed by atoms with Crippen molar-refractivity contribution >= 4 is 5.91 Å². The van der Waals surface area contributed by atoms with Crippen molar-refractivity contribution in [2.45, 2.75) is 38.3 Å². The molecule has 2 atom stereocenters. The molecule has 0 bridgehead atoms. The normalized spacial score (nSPS) is 25.5. The highest BCUT2D eigenvalue weighted by molar-refractivity contribution is 5.92. The summed E-state index contributed by atoms with van der Waals surface area (Å²) >= 11 is 0. The van der Waals surface area contributed by atoms with Crippen molar-refractivity contribution in [1.82, 2.24) is 15.5 Å². The molecule has 1 fully saturated rings. The van der Waals surface area contributed by atoms with Crippen molar-refractivity contribution in [2.75, 3.05) is 0 Å². The van der Waals surface area contributed by atoms with Crippen LogP contribution in [0.2, 0.25) is 0 Å². The van der Waals surface area contributed by atoms with Gasteiger partial charge in [-0.1, -0.05) is 0 Å². The number of amides is 1. The van der Waals surface area contributed by atoms with Gasteiger partial charge in [-0.15, -0.1) is 0 Å². The molecule has 1 heterocycles. The Morgan fingerprint density at radius 3 is 3.00 bits per heavy atom. The van der Waals surface area contributed by atoms with Crippen LogP contribution in [0.1, 0.15) is 35.4 Å². The van der Waals surface area contributed by atoms with Crippen LogP contribution in [0.5, 0.6) is 0 Å². The van der Waals surface area contributed by atoms with Crippen molar-refractivity contribution in [2.24, 2.45) is 5.73 Å². The number of aromatic nitrogens is 2. The van der Waals surface area contributed by atoms with Gasteiger partial charge in [0.2, 0.25) is 0 Å². The minimum Gasteiger partial charge on any atom is -0.346 e. The Morgan fingerprint density at radius 2 is 2.47 bits per heavy atom. The van der Waals surface area contributed by atoms with Crippen molar-refractivity contribution in [3.63, 3.8) is 0 Å². The van der Waals surface area contributed by atoms with E-state index in [1.54, 1.807) is 6.07 Å². The Hall–Kier alpha value is -1.36. The van der Waals surface area contributed by atoms with E-state index in [4.69, 9.17) is 5.73 Å². The van der Waals surface area contributed by atoms with Crippen LogP contribution in [0.25, 0.3) is 0 Å². The van der Waals surface area contributed by atoms with E-state index in [0.29, 0.717) is 5.69 Å². The molecule has 5 nitrogen and oxygen atoms in total. The minimum atomic E-state index is -0.137. The fraction of sp³-hybridized carbons (Fsp3) is 0.600. The molecule has 1 aliphatic carbocycles. The smallest absolute Gasteiger partial charge is 0.272 e. The number of nitrogens with one attached hydrogen (secondary N) is 2. The lowest BCUT2D eigenvalue weighted by molar-refractivity contribution is 0.0929. The molecule has 1 amide bonds. The van der Waals surface area contributed by atoms with Crippen LogP contribution >= 0.6 is 0 Å². The number of nitrogens with two attached hydrogens (primary N) is 1. The molecular weight excluding hydrogens is 192 g/mol. The largest absolute Gasteiger partial charge is 0.346 e. The minimum absolute atomic E-state index is 0.0917. The fourth-order valence-electron chi connectivity index (χ4n) is 1.94. The molecule has 82 valence electrons. The Bertz CT molecular complexity index is 360. The third kappa shape index (κ3) is 2.18. The van der Waals surface area contributed by atoms with E-state index >= 15 is 0 Å². The quantitative estimate of drug-likeness (QED) is 0.654. The summed E-state index contributed by atoms with van der Waals surface area (Å²) in [5, 5.41) is 9.56. The molecular formula is C10H16N4O. The molecule has 2 unspecified atom stereocenters. The van der Waals surface area contributed by atoms with E-state index in [1.165, 1.54) is 0 Å². The van der Waals surface area contributed by atoms with Gasteiger partial charge in [-0.05, 0) is 32.3 Å². The molecule has 0 aromatic carbocycles. The zero-order valence-electron chi connectivity index (χ0n) is 8.79. The van der Waals surface area contributed by atoms with E-state index in [2.05, 4.69) is 15.5 Å². The van der Waals surface area contributed by atoms with Gasteiger partial charge < -0.3 is 11.1 Å². The molecule has 2 rings (SSSR count). The van der Waals surface area contributed by atoms with Crippen LogP contribution < -0.4 is 11.1 Å². The van der Waals surface area contributed by atoms with Gasteiger partial charge in [0.15, 0.2) is 0 Å². The third-order valence-corrected chi connectivity index (χ3v) is 2.82. The van der Waals surface area contributed by atoms with Crippen molar-refractivity contribution < 1.29 is 4.79 Å². The van der Waals surface area contributed by atoms with Gasteiger partial charge in [-0.25, -0.2) is 0 Å². The molecule has 0 aliphatic heterocycles. The lowest BCUT2D eigenvalue weighted by Gasteiger charge is -2.16. The fourth-order valence-corrected chi connectivity index (χ4v) is 1.94. The molecule has 15 heavy (non-hydrogen) atoms. The van der Waals surface area contributed by atoms with Gasteiger partial charge in [0, 0.05) is 17.8 Å². The van der Waals surface area contributed by atoms with Gasteiger partial charge in [0.05, 0.1) is 0 Å². The first kappa shape index (κ1) is 10.2. The van der Waals surface area contributed by atoms with Crippen molar-refractivity contribution in [3.8, 4) is 0 Å². The molecule has 1 aliphatic rings. The van der Waals surface area contributed by atoms with Crippen LogP contribution in [0.3, 0.4) is 0 Å². The second-order valence-electron chi connectivity index (χ2n) is 4.11. The number of aryl methyl sites for hydroxylation is 1. The lowest BCUT2D eigenvalue weighted by atomic mass is 10.2. The van der Waals surface area contributed by atoms with E-state index < -0.39 is 0 Å².